The molecule has 0 atom stereocenters. The van der Waals surface area contributed by atoms with Gasteiger partial charge in [-0.25, -0.2) is 8.42 Å². The predicted molar refractivity (Wildman–Crippen MR) is 131 cm³/mol. The first-order valence-electron chi connectivity index (χ1n) is 10.2. The molecule has 5 nitrogen and oxygen atoms in total. The fraction of sp³-hybridized carbons (Fsp3) is 0.200. The van der Waals surface area contributed by atoms with E-state index in [-0.39, 0.29) is 10.3 Å². The van der Waals surface area contributed by atoms with Crippen molar-refractivity contribution in [3.63, 3.8) is 0 Å². The Morgan fingerprint density at radius 2 is 1.53 bits per heavy atom. The molecule has 0 radical (unpaired) electrons. The van der Waals surface area contributed by atoms with E-state index in [2.05, 4.69) is 35.7 Å². The molecule has 164 valence electrons. The third-order valence-corrected chi connectivity index (χ3v) is 7.00. The van der Waals surface area contributed by atoms with Crippen molar-refractivity contribution < 1.29 is 8.42 Å². The van der Waals surface area contributed by atoms with Gasteiger partial charge >= 0.3 is 0 Å². The molecule has 0 unspecified atom stereocenters. The van der Waals surface area contributed by atoms with Crippen molar-refractivity contribution in [1.82, 2.24) is 10.2 Å². The largest absolute Gasteiger partial charge is 0.279 e. The Balaban J connectivity index is 1.80. The summed E-state index contributed by atoms with van der Waals surface area (Å²) in [5.41, 5.74) is 3.31. The molecule has 0 aliphatic carbocycles. The molecule has 0 amide bonds. The number of aromatic nitrogens is 2. The zero-order chi connectivity index (χ0) is 23.1. The first-order chi connectivity index (χ1) is 15.1. The van der Waals surface area contributed by atoms with Gasteiger partial charge in [-0.15, -0.1) is 5.10 Å². The highest BCUT2D eigenvalue weighted by Crippen LogP contribution is 2.35. The van der Waals surface area contributed by atoms with Gasteiger partial charge < -0.3 is 0 Å². The molecule has 0 saturated carbocycles. The molecule has 3 aromatic carbocycles. The maximum atomic E-state index is 13.2. The molecule has 32 heavy (non-hydrogen) atoms. The lowest BCUT2D eigenvalue weighted by atomic mass is 9.87. The average Bonchev–Trinajstić information content (AvgIpc) is 2.75. The van der Waals surface area contributed by atoms with Crippen LogP contribution in [0.5, 0.6) is 0 Å². The van der Waals surface area contributed by atoms with Gasteiger partial charge in [0, 0.05) is 21.4 Å². The molecular formula is C25H24ClN3O2S. The molecular weight excluding hydrogens is 442 g/mol. The van der Waals surface area contributed by atoms with Crippen LogP contribution < -0.4 is 4.72 Å². The molecule has 0 saturated heterocycles. The molecule has 0 spiro atoms. The van der Waals surface area contributed by atoms with Gasteiger partial charge in [0.15, 0.2) is 0 Å². The number of rotatable bonds is 4. The standard InChI is InChI=1S/C25H24ClN3O2S/c1-16-20-7-5-6-8-21(20)24(28-27-16)22-15-18(26)11-14-23(22)29-32(30,31)19-12-9-17(10-13-19)25(2,3)4/h5-15,29H,1-4H3. The highest BCUT2D eigenvalue weighted by molar-refractivity contribution is 7.92. The van der Waals surface area contributed by atoms with E-state index >= 15 is 0 Å². The number of halogens is 1. The van der Waals surface area contributed by atoms with Crippen LogP contribution in [-0.4, -0.2) is 18.6 Å². The van der Waals surface area contributed by atoms with Crippen LogP contribution in [0.25, 0.3) is 22.0 Å². The lowest BCUT2D eigenvalue weighted by molar-refractivity contribution is 0.587. The zero-order valence-electron chi connectivity index (χ0n) is 18.3. The summed E-state index contributed by atoms with van der Waals surface area (Å²) in [6.07, 6.45) is 0. The second-order valence-electron chi connectivity index (χ2n) is 8.75. The summed E-state index contributed by atoms with van der Waals surface area (Å²) in [6.45, 7) is 8.15. The van der Waals surface area contributed by atoms with Crippen LogP contribution in [0.1, 0.15) is 32.0 Å². The van der Waals surface area contributed by atoms with E-state index < -0.39 is 10.0 Å². The van der Waals surface area contributed by atoms with Gasteiger partial charge in [-0.2, -0.15) is 5.10 Å². The second kappa shape index (κ2) is 8.19. The number of hydrogen-bond acceptors (Lipinski definition) is 4. The minimum atomic E-state index is -3.82. The molecule has 0 bridgehead atoms. The summed E-state index contributed by atoms with van der Waals surface area (Å²) in [5.74, 6) is 0. The summed E-state index contributed by atoms with van der Waals surface area (Å²) in [5, 5.41) is 10.9. The van der Waals surface area contributed by atoms with Crippen LogP contribution in [0.15, 0.2) is 71.6 Å². The van der Waals surface area contributed by atoms with Crippen LogP contribution in [0.3, 0.4) is 0 Å². The summed E-state index contributed by atoms with van der Waals surface area (Å²) in [7, 11) is -3.82. The Hall–Kier alpha value is -2.96. The third-order valence-electron chi connectivity index (χ3n) is 5.38. The molecule has 1 heterocycles. The highest BCUT2D eigenvalue weighted by atomic mass is 35.5. The summed E-state index contributed by atoms with van der Waals surface area (Å²) in [6, 6.07) is 19.7. The van der Waals surface area contributed by atoms with Gasteiger partial charge in [-0.3, -0.25) is 4.72 Å². The SMILES string of the molecule is Cc1nnc(-c2cc(Cl)ccc2NS(=O)(=O)c2ccc(C(C)(C)C)cc2)c2ccccc12. The number of aryl methyl sites for hydroxylation is 1. The molecule has 7 heteroatoms. The topological polar surface area (TPSA) is 72.0 Å². The van der Waals surface area contributed by atoms with Crippen LogP contribution in [-0.2, 0) is 15.4 Å². The number of anilines is 1. The molecule has 0 aliphatic rings. The number of benzene rings is 3. The van der Waals surface area contributed by atoms with Crippen molar-refractivity contribution >= 4 is 38.1 Å². The monoisotopic (exact) mass is 465 g/mol. The molecule has 1 aromatic heterocycles. The predicted octanol–water partition coefficient (Wildman–Crippen LogP) is 6.36. The van der Waals surface area contributed by atoms with Crippen molar-refractivity contribution in [1.29, 1.82) is 0 Å². The summed E-state index contributed by atoms with van der Waals surface area (Å²) in [4.78, 5) is 0.186. The number of hydrogen-bond donors (Lipinski definition) is 1. The average molecular weight is 466 g/mol. The fourth-order valence-electron chi connectivity index (χ4n) is 3.58. The van der Waals surface area contributed by atoms with Gasteiger partial charge in [-0.1, -0.05) is 68.8 Å². The van der Waals surface area contributed by atoms with E-state index in [1.54, 1.807) is 30.3 Å². The lowest BCUT2D eigenvalue weighted by Crippen LogP contribution is -2.15. The minimum Gasteiger partial charge on any atom is -0.279 e. The van der Waals surface area contributed by atoms with E-state index in [4.69, 9.17) is 11.6 Å². The van der Waals surface area contributed by atoms with Crippen molar-refractivity contribution in [2.45, 2.75) is 38.0 Å². The van der Waals surface area contributed by atoms with Crippen LogP contribution in [0, 0.1) is 6.92 Å². The number of nitrogens with one attached hydrogen (secondary N) is 1. The summed E-state index contributed by atoms with van der Waals surface area (Å²) >= 11 is 6.27. The van der Waals surface area contributed by atoms with Gasteiger partial charge in [-0.05, 0) is 48.2 Å². The third kappa shape index (κ3) is 4.33. The Bertz CT molecular complexity index is 1410. The van der Waals surface area contributed by atoms with E-state index in [9.17, 15) is 8.42 Å². The molecule has 1 N–H and O–H groups in total. The molecule has 0 fully saturated rings. The maximum Gasteiger partial charge on any atom is 0.261 e. The maximum absolute atomic E-state index is 13.2. The van der Waals surface area contributed by atoms with E-state index in [0.29, 0.717) is 22.0 Å². The van der Waals surface area contributed by atoms with E-state index in [0.717, 1.165) is 22.0 Å². The van der Waals surface area contributed by atoms with Crippen LogP contribution >= 0.6 is 11.6 Å². The van der Waals surface area contributed by atoms with E-state index in [1.807, 2.05) is 43.3 Å². The van der Waals surface area contributed by atoms with Crippen molar-refractivity contribution in [3.05, 3.63) is 83.0 Å². The Morgan fingerprint density at radius 3 is 2.19 bits per heavy atom. The smallest absolute Gasteiger partial charge is 0.261 e. The van der Waals surface area contributed by atoms with Crippen molar-refractivity contribution in [2.75, 3.05) is 4.72 Å². The van der Waals surface area contributed by atoms with Gasteiger partial charge in [0.1, 0.15) is 5.69 Å². The first kappa shape index (κ1) is 22.2. The number of sulfonamides is 1. The molecule has 4 rings (SSSR count). The molecule has 0 aliphatic heterocycles. The minimum absolute atomic E-state index is 0.0652. The van der Waals surface area contributed by atoms with Crippen molar-refractivity contribution in [2.24, 2.45) is 0 Å². The summed E-state index contributed by atoms with van der Waals surface area (Å²) < 4.78 is 29.0. The Morgan fingerprint density at radius 1 is 0.875 bits per heavy atom. The zero-order valence-corrected chi connectivity index (χ0v) is 19.9. The fourth-order valence-corrected chi connectivity index (χ4v) is 4.83. The van der Waals surface area contributed by atoms with Crippen LogP contribution in [0.2, 0.25) is 5.02 Å². The number of nitrogens with zero attached hydrogens (tertiary/aromatic N) is 2. The van der Waals surface area contributed by atoms with Crippen molar-refractivity contribution in [3.8, 4) is 11.3 Å². The quantitative estimate of drug-likeness (QED) is 0.380. The Labute approximate surface area is 193 Å². The van der Waals surface area contributed by atoms with E-state index in [1.165, 1.54) is 0 Å². The highest BCUT2D eigenvalue weighted by Gasteiger charge is 2.21. The lowest BCUT2D eigenvalue weighted by Gasteiger charge is -2.19. The Kier molecular flexibility index (Phi) is 5.69. The first-order valence-corrected chi connectivity index (χ1v) is 12.1. The van der Waals surface area contributed by atoms with Gasteiger partial charge in [0.05, 0.1) is 16.3 Å². The molecule has 4 aromatic rings. The normalized spacial score (nSPS) is 12.2. The second-order valence-corrected chi connectivity index (χ2v) is 10.9. The van der Waals surface area contributed by atoms with Gasteiger partial charge in [0.2, 0.25) is 0 Å². The van der Waals surface area contributed by atoms with Crippen LogP contribution in [0.4, 0.5) is 5.69 Å². The van der Waals surface area contributed by atoms with Gasteiger partial charge in [0.25, 0.3) is 10.0 Å². The number of fused-ring (bicyclic) bond motifs is 1.